The summed E-state index contributed by atoms with van der Waals surface area (Å²) in [6.07, 6.45) is 0. The maximum Gasteiger partial charge on any atom is 0.262 e. The van der Waals surface area contributed by atoms with Gasteiger partial charge in [-0.3, -0.25) is 4.79 Å². The van der Waals surface area contributed by atoms with Gasteiger partial charge in [-0.2, -0.15) is 9.49 Å². The van der Waals surface area contributed by atoms with Crippen molar-refractivity contribution >= 4 is 11.6 Å². The Morgan fingerprint density at radius 1 is 1.15 bits per heavy atom. The first-order valence-corrected chi connectivity index (χ1v) is 8.14. The Bertz CT molecular complexity index is 1020. The molecule has 0 unspecified atom stereocenters. The van der Waals surface area contributed by atoms with Gasteiger partial charge < -0.3 is 5.32 Å². The molecule has 5 heteroatoms. The zero-order valence-corrected chi connectivity index (χ0v) is 14.8. The van der Waals surface area contributed by atoms with Crippen molar-refractivity contribution in [3.63, 3.8) is 0 Å². The van der Waals surface area contributed by atoms with E-state index in [1.165, 1.54) is 7.05 Å². The van der Waals surface area contributed by atoms with Crippen molar-refractivity contribution in [3.8, 4) is 23.0 Å². The van der Waals surface area contributed by atoms with Crippen molar-refractivity contribution in [1.82, 2.24) is 9.78 Å². The van der Waals surface area contributed by atoms with Crippen LogP contribution in [0.25, 0.3) is 11.1 Å². The van der Waals surface area contributed by atoms with Crippen molar-refractivity contribution in [3.05, 3.63) is 71.3 Å². The van der Waals surface area contributed by atoms with E-state index in [1.807, 2.05) is 42.5 Å². The lowest BCUT2D eigenvalue weighted by Gasteiger charge is -2.11. The van der Waals surface area contributed by atoms with Gasteiger partial charge in [-0.25, -0.2) is 4.68 Å². The zero-order valence-electron chi connectivity index (χ0n) is 14.8. The average Bonchev–Trinajstić information content (AvgIpc) is 2.88. The van der Waals surface area contributed by atoms with Crippen LogP contribution >= 0.6 is 0 Å². The van der Waals surface area contributed by atoms with E-state index in [4.69, 9.17) is 0 Å². The summed E-state index contributed by atoms with van der Waals surface area (Å²) >= 11 is 0. The van der Waals surface area contributed by atoms with Gasteiger partial charge in [0.1, 0.15) is 5.56 Å². The van der Waals surface area contributed by atoms with Gasteiger partial charge in [-0.05, 0) is 37.6 Å². The summed E-state index contributed by atoms with van der Waals surface area (Å²) in [6.45, 7) is 3.40. The van der Waals surface area contributed by atoms with Gasteiger partial charge in [-0.15, -0.1) is 5.92 Å². The number of para-hydroxylation sites is 1. The predicted octanol–water partition coefficient (Wildman–Crippen LogP) is 4.16. The Morgan fingerprint density at radius 3 is 2.46 bits per heavy atom. The number of benzene rings is 2. The fraction of sp³-hybridized carbons (Fsp3) is 0.143. The quantitative estimate of drug-likeness (QED) is 0.723. The molecule has 4 nitrogen and oxygen atoms in total. The SMILES string of the molecule is CC#Cc1ccc(-c2ccccc2NC(=O)c2c(C)nn(C)c2F)cc1. The molecule has 0 spiro atoms. The molecule has 1 aromatic heterocycles. The Kier molecular flexibility index (Phi) is 4.85. The molecule has 0 aliphatic carbocycles. The van der Waals surface area contributed by atoms with Crippen LogP contribution in [0.5, 0.6) is 0 Å². The van der Waals surface area contributed by atoms with Crippen LogP contribution in [0.15, 0.2) is 48.5 Å². The number of carbonyl (C=O) groups is 1. The molecule has 3 aromatic rings. The molecular formula is C21H18FN3O. The van der Waals surface area contributed by atoms with Crippen LogP contribution < -0.4 is 5.32 Å². The van der Waals surface area contributed by atoms with Gasteiger partial charge in [0.05, 0.1) is 5.69 Å². The number of amides is 1. The summed E-state index contributed by atoms with van der Waals surface area (Å²) in [7, 11) is 1.47. The highest BCUT2D eigenvalue weighted by molar-refractivity contribution is 6.07. The number of aromatic nitrogens is 2. The predicted molar refractivity (Wildman–Crippen MR) is 100 cm³/mol. The number of nitrogens with zero attached hydrogens (tertiary/aromatic N) is 2. The van der Waals surface area contributed by atoms with E-state index < -0.39 is 11.9 Å². The molecular weight excluding hydrogens is 329 g/mol. The Balaban J connectivity index is 1.94. The molecule has 0 fully saturated rings. The van der Waals surface area contributed by atoms with Crippen molar-refractivity contribution in [2.45, 2.75) is 13.8 Å². The standard InChI is InChI=1S/C21H18FN3O/c1-4-7-15-10-12-16(13-11-15)17-8-5-6-9-18(17)23-21(26)19-14(2)24-25(3)20(19)22/h5-6,8-13H,1-3H3,(H,23,26). The minimum absolute atomic E-state index is 0.0455. The summed E-state index contributed by atoms with van der Waals surface area (Å²) in [5.74, 6) is 4.69. The Hall–Kier alpha value is -3.39. The van der Waals surface area contributed by atoms with Crippen molar-refractivity contribution in [1.29, 1.82) is 0 Å². The second-order valence-electron chi connectivity index (χ2n) is 5.83. The molecule has 0 radical (unpaired) electrons. The Morgan fingerprint density at radius 2 is 1.85 bits per heavy atom. The third kappa shape index (κ3) is 3.35. The normalized spacial score (nSPS) is 10.2. The number of hydrogen-bond acceptors (Lipinski definition) is 2. The zero-order chi connectivity index (χ0) is 18.7. The molecule has 0 saturated heterocycles. The maximum absolute atomic E-state index is 14.1. The van der Waals surface area contributed by atoms with Crippen LogP contribution in [0, 0.1) is 24.7 Å². The van der Waals surface area contributed by atoms with Gasteiger partial charge in [0, 0.05) is 23.9 Å². The summed E-state index contributed by atoms with van der Waals surface area (Å²) in [4.78, 5) is 12.6. The largest absolute Gasteiger partial charge is 0.321 e. The van der Waals surface area contributed by atoms with E-state index >= 15 is 0 Å². The maximum atomic E-state index is 14.1. The summed E-state index contributed by atoms with van der Waals surface area (Å²) in [6, 6.07) is 15.1. The monoisotopic (exact) mass is 347 g/mol. The summed E-state index contributed by atoms with van der Waals surface area (Å²) in [5.41, 5.74) is 3.61. The third-order valence-electron chi connectivity index (χ3n) is 4.02. The van der Waals surface area contributed by atoms with E-state index in [9.17, 15) is 9.18 Å². The molecule has 0 aliphatic heterocycles. The molecule has 0 atom stereocenters. The third-order valence-corrected chi connectivity index (χ3v) is 4.02. The van der Waals surface area contributed by atoms with Crippen LogP contribution in [0.4, 0.5) is 10.1 Å². The molecule has 0 saturated carbocycles. The first-order valence-electron chi connectivity index (χ1n) is 8.14. The van der Waals surface area contributed by atoms with E-state index in [-0.39, 0.29) is 5.56 Å². The summed E-state index contributed by atoms with van der Waals surface area (Å²) in [5, 5.41) is 6.75. The summed E-state index contributed by atoms with van der Waals surface area (Å²) < 4.78 is 15.2. The molecule has 0 bridgehead atoms. The molecule has 1 amide bonds. The number of anilines is 1. The molecule has 2 aromatic carbocycles. The van der Waals surface area contributed by atoms with Crippen LogP contribution in [0.3, 0.4) is 0 Å². The highest BCUT2D eigenvalue weighted by Gasteiger charge is 2.21. The molecule has 0 aliphatic rings. The molecule has 1 heterocycles. The highest BCUT2D eigenvalue weighted by atomic mass is 19.1. The number of nitrogens with one attached hydrogen (secondary N) is 1. The fourth-order valence-corrected chi connectivity index (χ4v) is 2.79. The first kappa shape index (κ1) is 17.4. The topological polar surface area (TPSA) is 46.9 Å². The van der Waals surface area contributed by atoms with E-state index in [0.717, 1.165) is 21.4 Å². The molecule has 1 N–H and O–H groups in total. The lowest BCUT2D eigenvalue weighted by Crippen LogP contribution is -2.15. The molecule has 26 heavy (non-hydrogen) atoms. The van der Waals surface area contributed by atoms with Crippen molar-refractivity contribution < 1.29 is 9.18 Å². The second-order valence-corrected chi connectivity index (χ2v) is 5.83. The van der Waals surface area contributed by atoms with E-state index in [0.29, 0.717) is 11.4 Å². The lowest BCUT2D eigenvalue weighted by molar-refractivity contribution is 0.102. The second kappa shape index (κ2) is 7.24. The number of hydrogen-bond donors (Lipinski definition) is 1. The lowest BCUT2D eigenvalue weighted by atomic mass is 10.0. The number of rotatable bonds is 3. The number of aryl methyl sites for hydroxylation is 2. The smallest absolute Gasteiger partial charge is 0.262 e. The Labute approximate surface area is 151 Å². The van der Waals surface area contributed by atoms with Gasteiger partial charge in [0.25, 0.3) is 5.91 Å². The van der Waals surface area contributed by atoms with Gasteiger partial charge in [0.15, 0.2) is 0 Å². The number of halogens is 1. The van der Waals surface area contributed by atoms with Gasteiger partial charge in [-0.1, -0.05) is 36.3 Å². The average molecular weight is 347 g/mol. The van der Waals surface area contributed by atoms with Crippen LogP contribution in [-0.4, -0.2) is 15.7 Å². The highest BCUT2D eigenvalue weighted by Crippen LogP contribution is 2.28. The number of carbonyl (C=O) groups excluding carboxylic acids is 1. The molecule has 3 rings (SSSR count). The van der Waals surface area contributed by atoms with Crippen LogP contribution in [0.2, 0.25) is 0 Å². The fourth-order valence-electron chi connectivity index (χ4n) is 2.79. The van der Waals surface area contributed by atoms with Crippen LogP contribution in [0.1, 0.15) is 28.5 Å². The van der Waals surface area contributed by atoms with Crippen LogP contribution in [-0.2, 0) is 7.05 Å². The minimum atomic E-state index is -0.653. The van der Waals surface area contributed by atoms with Gasteiger partial charge in [0.2, 0.25) is 5.95 Å². The minimum Gasteiger partial charge on any atom is -0.321 e. The van der Waals surface area contributed by atoms with Gasteiger partial charge >= 0.3 is 0 Å². The van der Waals surface area contributed by atoms with Crippen molar-refractivity contribution in [2.24, 2.45) is 7.05 Å². The van der Waals surface area contributed by atoms with E-state index in [1.54, 1.807) is 19.9 Å². The molecule has 130 valence electrons. The van der Waals surface area contributed by atoms with E-state index in [2.05, 4.69) is 22.3 Å². The van der Waals surface area contributed by atoms with Crippen molar-refractivity contribution in [2.75, 3.05) is 5.32 Å². The first-order chi connectivity index (χ1) is 12.5.